The quantitative estimate of drug-likeness (QED) is 0.342. The van der Waals surface area contributed by atoms with Crippen LogP contribution in [0.5, 0.6) is 0 Å². The molecule has 1 aromatic carbocycles. The van der Waals surface area contributed by atoms with E-state index in [4.69, 9.17) is 4.98 Å². The Labute approximate surface area is 194 Å². The van der Waals surface area contributed by atoms with Crippen LogP contribution in [-0.4, -0.2) is 58.8 Å². The highest BCUT2D eigenvalue weighted by Crippen LogP contribution is 2.23. The minimum Gasteiger partial charge on any atom is -0.394 e. The lowest BCUT2D eigenvalue weighted by atomic mass is 10.1. The van der Waals surface area contributed by atoms with E-state index in [-0.39, 0.29) is 12.5 Å². The number of H-pyrrole nitrogens is 1. The van der Waals surface area contributed by atoms with Crippen LogP contribution in [0.1, 0.15) is 46.9 Å². The molecule has 174 valence electrons. The highest BCUT2D eigenvalue weighted by atomic mass is 16.3. The third-order valence-corrected chi connectivity index (χ3v) is 6.46. The summed E-state index contributed by atoms with van der Waals surface area (Å²) in [5, 5.41) is 16.0. The molecule has 0 saturated carbocycles. The number of hydrogen-bond acceptors (Lipinski definition) is 5. The smallest absolute Gasteiger partial charge is 0.268 e. The van der Waals surface area contributed by atoms with Gasteiger partial charge in [-0.15, -0.1) is 0 Å². The molecule has 1 saturated heterocycles. The molecular formula is C25H33N6O2+. The number of carbonyl (C=O) groups excluding carboxylic acids is 1. The summed E-state index contributed by atoms with van der Waals surface area (Å²) in [5.41, 5.74) is 3.81. The third kappa shape index (κ3) is 5.58. The van der Waals surface area contributed by atoms with Gasteiger partial charge in [0.05, 0.1) is 38.0 Å². The number of rotatable bonds is 9. The number of aryl methyl sites for hydroxylation is 1. The van der Waals surface area contributed by atoms with Crippen molar-refractivity contribution in [3.8, 4) is 11.3 Å². The number of aliphatic hydroxyl groups excluding tert-OH is 1. The number of anilines is 1. The fraction of sp³-hybridized carbons (Fsp3) is 0.400. The molecular weight excluding hydrogens is 416 g/mol. The minimum atomic E-state index is -0.470. The monoisotopic (exact) mass is 449 g/mol. The summed E-state index contributed by atoms with van der Waals surface area (Å²) >= 11 is 0. The van der Waals surface area contributed by atoms with Gasteiger partial charge in [-0.1, -0.05) is 30.3 Å². The maximum absolute atomic E-state index is 12.8. The Morgan fingerprint density at radius 1 is 1.33 bits per heavy atom. The Bertz CT molecular complexity index is 1070. The number of quaternary nitrogens is 1. The molecule has 1 aliphatic heterocycles. The fourth-order valence-corrected chi connectivity index (χ4v) is 4.46. The van der Waals surface area contributed by atoms with Gasteiger partial charge in [0.25, 0.3) is 5.91 Å². The maximum Gasteiger partial charge on any atom is 0.268 e. The molecule has 33 heavy (non-hydrogen) atoms. The summed E-state index contributed by atoms with van der Waals surface area (Å²) in [7, 11) is 2.26. The zero-order valence-corrected chi connectivity index (χ0v) is 19.3. The van der Waals surface area contributed by atoms with Crippen molar-refractivity contribution in [2.45, 2.75) is 38.3 Å². The van der Waals surface area contributed by atoms with Crippen LogP contribution in [0.2, 0.25) is 0 Å². The zero-order chi connectivity index (χ0) is 23.2. The lowest BCUT2D eigenvalue weighted by Gasteiger charge is -2.16. The van der Waals surface area contributed by atoms with Gasteiger partial charge in [-0.05, 0) is 24.1 Å². The van der Waals surface area contributed by atoms with E-state index in [0.717, 1.165) is 35.3 Å². The highest BCUT2D eigenvalue weighted by molar-refractivity contribution is 5.94. The molecule has 1 unspecified atom stereocenters. The van der Waals surface area contributed by atoms with Crippen molar-refractivity contribution in [2.24, 2.45) is 0 Å². The summed E-state index contributed by atoms with van der Waals surface area (Å²) in [6.45, 7) is 3.87. The van der Waals surface area contributed by atoms with Crippen LogP contribution in [-0.2, 0) is 0 Å². The molecule has 4 rings (SSSR count). The van der Waals surface area contributed by atoms with E-state index >= 15 is 0 Å². The molecule has 3 heterocycles. The lowest BCUT2D eigenvalue weighted by Crippen LogP contribution is -3.10. The first kappa shape index (κ1) is 22.9. The van der Waals surface area contributed by atoms with Crippen LogP contribution in [0.25, 0.3) is 11.3 Å². The average Bonchev–Trinajstić information content (AvgIpc) is 3.48. The van der Waals surface area contributed by atoms with Gasteiger partial charge in [0.1, 0.15) is 5.69 Å². The van der Waals surface area contributed by atoms with E-state index in [0.29, 0.717) is 17.7 Å². The number of nitrogens with one attached hydrogen (secondary N) is 4. The standard InChI is InChI=1S/C25H32N6O2/c1-17-14-28-25(26-11-10-20-9-6-12-31(20)2)30-23(17)19-13-21(27-15-19)24(33)29-22(16-32)18-7-4-3-5-8-18/h3-5,7-8,13-15,20,22,27,32H,6,9-12,16H2,1-2H3,(H,29,33)(H,26,28,30)/p+1/t20-,22+/m0/s1. The molecule has 1 amide bonds. The Morgan fingerprint density at radius 2 is 2.15 bits per heavy atom. The first-order valence-electron chi connectivity index (χ1n) is 11.6. The Morgan fingerprint density at radius 3 is 2.88 bits per heavy atom. The van der Waals surface area contributed by atoms with Crippen LogP contribution in [0.3, 0.4) is 0 Å². The molecule has 2 aromatic heterocycles. The van der Waals surface area contributed by atoms with Gasteiger partial charge >= 0.3 is 0 Å². The zero-order valence-electron chi connectivity index (χ0n) is 19.3. The second kappa shape index (κ2) is 10.6. The number of hydrogen-bond donors (Lipinski definition) is 5. The van der Waals surface area contributed by atoms with Gasteiger partial charge in [0.2, 0.25) is 5.95 Å². The Hall–Kier alpha value is -3.23. The van der Waals surface area contributed by atoms with E-state index in [1.807, 2.05) is 43.5 Å². The summed E-state index contributed by atoms with van der Waals surface area (Å²) < 4.78 is 0. The lowest BCUT2D eigenvalue weighted by molar-refractivity contribution is -0.892. The largest absolute Gasteiger partial charge is 0.394 e. The molecule has 3 atom stereocenters. The minimum absolute atomic E-state index is 0.179. The van der Waals surface area contributed by atoms with Crippen LogP contribution in [0.15, 0.2) is 48.8 Å². The first-order chi connectivity index (χ1) is 16.0. The van der Waals surface area contributed by atoms with E-state index in [2.05, 4.69) is 27.6 Å². The number of aromatic amines is 1. The number of aliphatic hydroxyl groups is 1. The average molecular weight is 450 g/mol. The van der Waals surface area contributed by atoms with Crippen LogP contribution >= 0.6 is 0 Å². The number of aromatic nitrogens is 3. The molecule has 1 aliphatic rings. The van der Waals surface area contributed by atoms with Crippen molar-refractivity contribution in [1.82, 2.24) is 20.3 Å². The summed E-state index contributed by atoms with van der Waals surface area (Å²) in [5.74, 6) is 0.320. The molecule has 5 N–H and O–H groups in total. The molecule has 0 radical (unpaired) electrons. The summed E-state index contributed by atoms with van der Waals surface area (Å²) in [6.07, 6.45) is 7.27. The SMILES string of the molecule is Cc1cnc(NCC[C@@H]2CCC[NH+]2C)nc1-c1c[nH]c(C(=O)N[C@H](CO)c2ccccc2)c1. The van der Waals surface area contributed by atoms with Crippen LogP contribution in [0.4, 0.5) is 5.95 Å². The van der Waals surface area contributed by atoms with Gasteiger partial charge in [-0.2, -0.15) is 0 Å². The van der Waals surface area contributed by atoms with E-state index < -0.39 is 6.04 Å². The van der Waals surface area contributed by atoms with Crippen molar-refractivity contribution >= 4 is 11.9 Å². The summed E-state index contributed by atoms with van der Waals surface area (Å²) in [4.78, 5) is 26.6. The number of amides is 1. The second-order valence-corrected chi connectivity index (χ2v) is 8.80. The van der Waals surface area contributed by atoms with Crippen molar-refractivity contribution in [3.63, 3.8) is 0 Å². The van der Waals surface area contributed by atoms with Gasteiger partial charge in [-0.3, -0.25) is 4.79 Å². The number of benzene rings is 1. The maximum atomic E-state index is 12.8. The topological polar surface area (TPSA) is 107 Å². The van der Waals surface area contributed by atoms with Crippen molar-refractivity contribution in [1.29, 1.82) is 0 Å². The molecule has 0 bridgehead atoms. The van der Waals surface area contributed by atoms with E-state index in [9.17, 15) is 9.90 Å². The molecule has 8 heteroatoms. The molecule has 0 aliphatic carbocycles. The van der Waals surface area contributed by atoms with Crippen molar-refractivity contribution in [2.75, 3.05) is 32.1 Å². The second-order valence-electron chi connectivity index (χ2n) is 8.80. The Kier molecular flexibility index (Phi) is 7.36. The molecule has 3 aromatic rings. The normalized spacial score (nSPS) is 18.8. The molecule has 8 nitrogen and oxygen atoms in total. The predicted molar refractivity (Wildman–Crippen MR) is 128 cm³/mol. The number of likely N-dealkylation sites (tertiary alicyclic amines) is 1. The fourth-order valence-electron chi connectivity index (χ4n) is 4.46. The number of carbonyl (C=O) groups is 1. The van der Waals surface area contributed by atoms with Crippen LogP contribution in [0, 0.1) is 6.92 Å². The van der Waals surface area contributed by atoms with Gasteiger partial charge in [-0.25, -0.2) is 9.97 Å². The van der Waals surface area contributed by atoms with Gasteiger partial charge in [0.15, 0.2) is 0 Å². The third-order valence-electron chi connectivity index (χ3n) is 6.46. The van der Waals surface area contributed by atoms with E-state index in [1.165, 1.54) is 19.4 Å². The van der Waals surface area contributed by atoms with Crippen LogP contribution < -0.4 is 15.5 Å². The predicted octanol–water partition coefficient (Wildman–Crippen LogP) is 1.72. The molecule has 1 fully saturated rings. The first-order valence-corrected chi connectivity index (χ1v) is 11.6. The Balaban J connectivity index is 1.41. The van der Waals surface area contributed by atoms with Crippen molar-refractivity contribution < 1.29 is 14.8 Å². The van der Waals surface area contributed by atoms with E-state index in [1.54, 1.807) is 17.2 Å². The van der Waals surface area contributed by atoms with Gasteiger partial charge < -0.3 is 25.6 Å². The number of nitrogens with zero attached hydrogens (tertiary/aromatic N) is 2. The highest BCUT2D eigenvalue weighted by Gasteiger charge is 2.24. The molecule has 0 spiro atoms. The van der Waals surface area contributed by atoms with Crippen molar-refractivity contribution in [3.05, 3.63) is 65.6 Å². The summed E-state index contributed by atoms with van der Waals surface area (Å²) in [6, 6.07) is 11.4. The van der Waals surface area contributed by atoms with Gasteiger partial charge in [0, 0.05) is 43.8 Å².